The second kappa shape index (κ2) is 6.83. The van der Waals surface area contributed by atoms with Crippen LogP contribution in [0, 0.1) is 12.7 Å². The van der Waals surface area contributed by atoms with Gasteiger partial charge < -0.3 is 4.90 Å². The molecule has 1 saturated heterocycles. The van der Waals surface area contributed by atoms with Gasteiger partial charge in [-0.05, 0) is 37.6 Å². The summed E-state index contributed by atoms with van der Waals surface area (Å²) < 4.78 is 14.3. The number of rotatable bonds is 4. The van der Waals surface area contributed by atoms with Gasteiger partial charge in [0.05, 0.1) is 5.69 Å². The number of hydrogen-bond donors (Lipinski definition) is 0. The Morgan fingerprint density at radius 1 is 1.17 bits per heavy atom. The summed E-state index contributed by atoms with van der Waals surface area (Å²) in [6.07, 6.45) is 1.24. The number of para-hydroxylation sites is 1. The molecule has 0 aromatic heterocycles. The lowest BCUT2D eigenvalue weighted by molar-refractivity contribution is -0.127. The molecule has 1 aliphatic heterocycles. The molecule has 2 amide bonds. The van der Waals surface area contributed by atoms with Crippen LogP contribution < -0.4 is 4.90 Å². The smallest absolute Gasteiger partial charge is 0.259 e. The molecule has 3 rings (SSSR count). The molecule has 0 atom stereocenters. The highest BCUT2D eigenvalue weighted by Crippen LogP contribution is 2.23. The van der Waals surface area contributed by atoms with Gasteiger partial charge in [-0.2, -0.15) is 0 Å². The Morgan fingerprint density at radius 2 is 1.88 bits per heavy atom. The SMILES string of the molecule is Cc1ccc(C(=O)N(CN2CCCC2=O)c2ccccc2F)cc1. The molecule has 4 nitrogen and oxygen atoms in total. The van der Waals surface area contributed by atoms with Gasteiger partial charge >= 0.3 is 0 Å². The second-order valence-corrected chi connectivity index (χ2v) is 5.95. The minimum atomic E-state index is -0.482. The minimum absolute atomic E-state index is 0.00644. The molecular weight excluding hydrogens is 307 g/mol. The van der Waals surface area contributed by atoms with Crippen LogP contribution in [0.3, 0.4) is 0 Å². The minimum Gasteiger partial charge on any atom is -0.324 e. The Bertz CT molecular complexity index is 758. The fraction of sp³-hybridized carbons (Fsp3) is 0.263. The first-order chi connectivity index (χ1) is 11.6. The summed E-state index contributed by atoms with van der Waals surface area (Å²) in [4.78, 5) is 27.8. The number of hydrogen-bond acceptors (Lipinski definition) is 2. The van der Waals surface area contributed by atoms with Crippen molar-refractivity contribution in [1.29, 1.82) is 0 Å². The van der Waals surface area contributed by atoms with E-state index in [4.69, 9.17) is 0 Å². The summed E-state index contributed by atoms with van der Waals surface area (Å²) >= 11 is 0. The molecule has 0 spiro atoms. The molecular formula is C19H19FN2O2. The van der Waals surface area contributed by atoms with Gasteiger partial charge in [-0.1, -0.05) is 29.8 Å². The Morgan fingerprint density at radius 3 is 2.50 bits per heavy atom. The second-order valence-electron chi connectivity index (χ2n) is 5.95. The first-order valence-corrected chi connectivity index (χ1v) is 7.97. The Balaban J connectivity index is 1.95. The molecule has 0 bridgehead atoms. The molecule has 1 fully saturated rings. The number of halogens is 1. The average Bonchev–Trinajstić information content (AvgIpc) is 2.98. The molecule has 124 valence electrons. The van der Waals surface area contributed by atoms with Crippen LogP contribution in [0.5, 0.6) is 0 Å². The van der Waals surface area contributed by atoms with E-state index in [0.29, 0.717) is 18.5 Å². The van der Waals surface area contributed by atoms with E-state index in [1.54, 1.807) is 35.2 Å². The number of nitrogens with zero attached hydrogens (tertiary/aromatic N) is 2. The zero-order valence-corrected chi connectivity index (χ0v) is 13.5. The number of likely N-dealkylation sites (tertiary alicyclic amines) is 1. The van der Waals surface area contributed by atoms with Crippen molar-refractivity contribution in [3.8, 4) is 0 Å². The predicted molar refractivity (Wildman–Crippen MR) is 90.2 cm³/mol. The molecule has 0 radical (unpaired) electrons. The van der Waals surface area contributed by atoms with E-state index in [0.717, 1.165) is 12.0 Å². The molecule has 2 aromatic carbocycles. The molecule has 5 heteroatoms. The predicted octanol–water partition coefficient (Wildman–Crippen LogP) is 3.36. The summed E-state index contributed by atoms with van der Waals surface area (Å²) in [5.74, 6) is -0.808. The van der Waals surface area contributed by atoms with E-state index < -0.39 is 5.82 Å². The molecule has 0 aliphatic carbocycles. The van der Waals surface area contributed by atoms with Gasteiger partial charge in [-0.25, -0.2) is 4.39 Å². The van der Waals surface area contributed by atoms with E-state index in [9.17, 15) is 14.0 Å². The Hall–Kier alpha value is -2.69. The molecule has 1 heterocycles. The number of amides is 2. The highest BCUT2D eigenvalue weighted by molar-refractivity contribution is 6.06. The zero-order chi connectivity index (χ0) is 17.1. The summed E-state index contributed by atoms with van der Waals surface area (Å²) in [5, 5.41) is 0. The van der Waals surface area contributed by atoms with Crippen LogP contribution >= 0.6 is 0 Å². The van der Waals surface area contributed by atoms with Crippen LogP contribution in [-0.4, -0.2) is 29.9 Å². The molecule has 2 aromatic rings. The quantitative estimate of drug-likeness (QED) is 0.864. The first-order valence-electron chi connectivity index (χ1n) is 7.97. The monoisotopic (exact) mass is 326 g/mol. The molecule has 0 saturated carbocycles. The van der Waals surface area contributed by atoms with Crippen LogP contribution in [0.15, 0.2) is 48.5 Å². The average molecular weight is 326 g/mol. The topological polar surface area (TPSA) is 40.6 Å². The molecule has 24 heavy (non-hydrogen) atoms. The van der Waals surface area contributed by atoms with Gasteiger partial charge in [0, 0.05) is 18.5 Å². The molecule has 1 aliphatic rings. The molecule has 0 N–H and O–H groups in total. The van der Waals surface area contributed by atoms with Crippen molar-refractivity contribution >= 4 is 17.5 Å². The fourth-order valence-electron chi connectivity index (χ4n) is 2.80. The van der Waals surface area contributed by atoms with Crippen LogP contribution in [0.2, 0.25) is 0 Å². The van der Waals surface area contributed by atoms with Crippen molar-refractivity contribution in [3.63, 3.8) is 0 Å². The third-order valence-corrected chi connectivity index (χ3v) is 4.17. The zero-order valence-electron chi connectivity index (χ0n) is 13.5. The van der Waals surface area contributed by atoms with E-state index in [1.165, 1.54) is 11.0 Å². The maximum absolute atomic E-state index is 14.3. The van der Waals surface area contributed by atoms with Crippen LogP contribution in [0.25, 0.3) is 0 Å². The van der Waals surface area contributed by atoms with Crippen molar-refractivity contribution in [3.05, 3.63) is 65.5 Å². The van der Waals surface area contributed by atoms with Crippen molar-refractivity contribution < 1.29 is 14.0 Å². The number of carbonyl (C=O) groups is 2. The van der Waals surface area contributed by atoms with Gasteiger partial charge in [0.25, 0.3) is 5.91 Å². The number of benzene rings is 2. The lowest BCUT2D eigenvalue weighted by atomic mass is 10.1. The molecule has 0 unspecified atom stereocenters. The normalized spacial score (nSPS) is 14.1. The van der Waals surface area contributed by atoms with Crippen molar-refractivity contribution in [1.82, 2.24) is 4.90 Å². The van der Waals surface area contributed by atoms with Crippen LogP contribution in [0.4, 0.5) is 10.1 Å². The third-order valence-electron chi connectivity index (χ3n) is 4.17. The van der Waals surface area contributed by atoms with Gasteiger partial charge in [0.1, 0.15) is 12.5 Å². The van der Waals surface area contributed by atoms with Crippen molar-refractivity contribution in [2.45, 2.75) is 19.8 Å². The van der Waals surface area contributed by atoms with E-state index in [2.05, 4.69) is 0 Å². The Labute approximate surface area is 140 Å². The van der Waals surface area contributed by atoms with Gasteiger partial charge in [-0.15, -0.1) is 0 Å². The van der Waals surface area contributed by atoms with Gasteiger partial charge in [-0.3, -0.25) is 14.5 Å². The number of aryl methyl sites for hydroxylation is 1. The highest BCUT2D eigenvalue weighted by atomic mass is 19.1. The summed E-state index contributed by atoms with van der Waals surface area (Å²) in [7, 11) is 0. The highest BCUT2D eigenvalue weighted by Gasteiger charge is 2.27. The summed E-state index contributed by atoms with van der Waals surface area (Å²) in [6.45, 7) is 2.59. The fourth-order valence-corrected chi connectivity index (χ4v) is 2.80. The van der Waals surface area contributed by atoms with Gasteiger partial charge in [0.2, 0.25) is 5.91 Å². The number of carbonyl (C=O) groups excluding carboxylic acids is 2. The lowest BCUT2D eigenvalue weighted by Gasteiger charge is -2.28. The van der Waals surface area contributed by atoms with E-state index in [-0.39, 0.29) is 24.2 Å². The summed E-state index contributed by atoms with van der Waals surface area (Å²) in [5.41, 5.74) is 1.69. The number of anilines is 1. The standard InChI is InChI=1S/C19H19FN2O2/c1-14-8-10-15(11-9-14)19(24)22(13-21-12-4-7-18(21)23)17-6-3-2-5-16(17)20/h2-3,5-6,8-11H,4,7,12-13H2,1H3. The van der Waals surface area contributed by atoms with Gasteiger partial charge in [0.15, 0.2) is 0 Å². The van der Waals surface area contributed by atoms with Crippen LogP contribution in [0.1, 0.15) is 28.8 Å². The van der Waals surface area contributed by atoms with Crippen LogP contribution in [-0.2, 0) is 4.79 Å². The van der Waals surface area contributed by atoms with Crippen molar-refractivity contribution in [2.75, 3.05) is 18.1 Å². The van der Waals surface area contributed by atoms with E-state index in [1.807, 2.05) is 19.1 Å². The largest absolute Gasteiger partial charge is 0.324 e. The Kier molecular flexibility index (Phi) is 4.60. The van der Waals surface area contributed by atoms with Crippen molar-refractivity contribution in [2.24, 2.45) is 0 Å². The maximum Gasteiger partial charge on any atom is 0.259 e. The third kappa shape index (κ3) is 3.30. The summed E-state index contributed by atoms with van der Waals surface area (Å²) in [6, 6.07) is 13.3. The lowest BCUT2D eigenvalue weighted by Crippen LogP contribution is -2.42. The first kappa shape index (κ1) is 16.2. The van der Waals surface area contributed by atoms with E-state index >= 15 is 0 Å². The maximum atomic E-state index is 14.3.